The summed E-state index contributed by atoms with van der Waals surface area (Å²) in [6.45, 7) is 1.91. The van der Waals surface area contributed by atoms with Crippen LogP contribution in [0.1, 0.15) is 22.7 Å². The van der Waals surface area contributed by atoms with Crippen LogP contribution in [0.5, 0.6) is 0 Å². The van der Waals surface area contributed by atoms with Crippen LogP contribution >= 0.6 is 15.9 Å². The smallest absolute Gasteiger partial charge is 0.132 e. The molecule has 0 heterocycles. The second-order valence-electron chi connectivity index (χ2n) is 4.30. The van der Waals surface area contributed by atoms with Crippen molar-refractivity contribution in [3.8, 4) is 0 Å². The highest BCUT2D eigenvalue weighted by atomic mass is 79.9. The van der Waals surface area contributed by atoms with Gasteiger partial charge in [0.15, 0.2) is 0 Å². The summed E-state index contributed by atoms with van der Waals surface area (Å²) in [6, 6.07) is 9.06. The lowest BCUT2D eigenvalue weighted by Crippen LogP contribution is -2.30. The van der Waals surface area contributed by atoms with Crippen LogP contribution in [0.2, 0.25) is 0 Å². The van der Waals surface area contributed by atoms with Crippen LogP contribution in [0.4, 0.5) is 8.78 Å². The maximum Gasteiger partial charge on any atom is 0.132 e. The fraction of sp³-hybridized carbons (Fsp3) is 0.143. The minimum Gasteiger partial charge on any atom is -0.271 e. The number of halogens is 3. The van der Waals surface area contributed by atoms with Gasteiger partial charge in [0.2, 0.25) is 0 Å². The maximum atomic E-state index is 14.0. The normalized spacial score (nSPS) is 12.5. The van der Waals surface area contributed by atoms with E-state index in [9.17, 15) is 8.78 Å². The summed E-state index contributed by atoms with van der Waals surface area (Å²) in [5, 5.41) is 0. The maximum absolute atomic E-state index is 14.0. The van der Waals surface area contributed by atoms with E-state index in [4.69, 9.17) is 5.84 Å². The number of hydrogen-bond acceptors (Lipinski definition) is 2. The van der Waals surface area contributed by atoms with Gasteiger partial charge in [0.1, 0.15) is 11.6 Å². The molecular weight excluding hydrogens is 314 g/mol. The zero-order valence-electron chi connectivity index (χ0n) is 10.3. The summed E-state index contributed by atoms with van der Waals surface area (Å²) in [7, 11) is 0. The van der Waals surface area contributed by atoms with E-state index in [1.807, 2.05) is 25.1 Å². The summed E-state index contributed by atoms with van der Waals surface area (Å²) in [4.78, 5) is 0. The van der Waals surface area contributed by atoms with Gasteiger partial charge >= 0.3 is 0 Å². The largest absolute Gasteiger partial charge is 0.271 e. The fourth-order valence-electron chi connectivity index (χ4n) is 2.03. The van der Waals surface area contributed by atoms with Crippen LogP contribution in [0.15, 0.2) is 40.9 Å². The van der Waals surface area contributed by atoms with Gasteiger partial charge < -0.3 is 0 Å². The van der Waals surface area contributed by atoms with E-state index < -0.39 is 17.7 Å². The molecule has 0 saturated carbocycles. The third-order valence-electron chi connectivity index (χ3n) is 2.87. The summed E-state index contributed by atoms with van der Waals surface area (Å²) in [5.41, 5.74) is 4.09. The Morgan fingerprint density at radius 3 is 2.32 bits per heavy atom. The molecule has 1 atom stereocenters. The average Bonchev–Trinajstić information content (AvgIpc) is 2.33. The number of benzene rings is 2. The van der Waals surface area contributed by atoms with Crippen molar-refractivity contribution in [1.29, 1.82) is 0 Å². The molecule has 2 nitrogen and oxygen atoms in total. The summed E-state index contributed by atoms with van der Waals surface area (Å²) in [6.07, 6.45) is 0. The molecule has 2 aromatic rings. The third kappa shape index (κ3) is 3.00. The van der Waals surface area contributed by atoms with Crippen molar-refractivity contribution in [2.45, 2.75) is 13.0 Å². The van der Waals surface area contributed by atoms with Gasteiger partial charge in [0.25, 0.3) is 0 Å². The quantitative estimate of drug-likeness (QED) is 0.668. The van der Waals surface area contributed by atoms with Crippen molar-refractivity contribution in [1.82, 2.24) is 5.43 Å². The van der Waals surface area contributed by atoms with Gasteiger partial charge in [-0.1, -0.05) is 45.8 Å². The summed E-state index contributed by atoms with van der Waals surface area (Å²) >= 11 is 3.05. The fourth-order valence-corrected chi connectivity index (χ4v) is 2.43. The molecular formula is C14H13BrF2N2. The molecule has 0 aliphatic rings. The van der Waals surface area contributed by atoms with Gasteiger partial charge in [-0.2, -0.15) is 0 Å². The molecule has 0 spiro atoms. The van der Waals surface area contributed by atoms with Crippen LogP contribution in [-0.2, 0) is 0 Å². The van der Waals surface area contributed by atoms with Crippen molar-refractivity contribution < 1.29 is 8.78 Å². The first kappa shape index (κ1) is 14.1. The minimum absolute atomic E-state index is 0.0868. The van der Waals surface area contributed by atoms with Gasteiger partial charge in [0.05, 0.1) is 6.04 Å². The predicted octanol–water partition coefficient (Wildman–Crippen LogP) is 3.59. The molecule has 2 rings (SSSR count). The Balaban J connectivity index is 2.54. The molecule has 0 amide bonds. The van der Waals surface area contributed by atoms with E-state index in [1.165, 1.54) is 12.1 Å². The van der Waals surface area contributed by atoms with Crippen molar-refractivity contribution in [3.05, 3.63) is 69.2 Å². The Kier molecular flexibility index (Phi) is 4.29. The Labute approximate surface area is 118 Å². The molecule has 0 aliphatic heterocycles. The Morgan fingerprint density at radius 1 is 1.16 bits per heavy atom. The standard InChI is InChI=1S/C14H13BrF2N2/c1-8-3-2-4-9(5-8)14(19-18)13-11(16)6-10(15)7-12(13)17/h2-7,14,19H,18H2,1H3. The highest BCUT2D eigenvalue weighted by molar-refractivity contribution is 9.10. The lowest BCUT2D eigenvalue weighted by atomic mass is 9.97. The van der Waals surface area contributed by atoms with Crippen molar-refractivity contribution >= 4 is 15.9 Å². The Hall–Kier alpha value is -1.30. The zero-order chi connectivity index (χ0) is 14.0. The second-order valence-corrected chi connectivity index (χ2v) is 5.21. The summed E-state index contributed by atoms with van der Waals surface area (Å²) in [5.74, 6) is 4.18. The lowest BCUT2D eigenvalue weighted by molar-refractivity contribution is 0.509. The number of hydrogen-bond donors (Lipinski definition) is 2. The summed E-state index contributed by atoms with van der Waals surface area (Å²) < 4.78 is 28.3. The molecule has 0 bridgehead atoms. The first-order chi connectivity index (χ1) is 9.02. The van der Waals surface area contributed by atoms with Crippen molar-refractivity contribution in [3.63, 3.8) is 0 Å². The molecule has 100 valence electrons. The SMILES string of the molecule is Cc1cccc(C(NN)c2c(F)cc(Br)cc2F)c1. The molecule has 5 heteroatoms. The lowest BCUT2D eigenvalue weighted by Gasteiger charge is -2.19. The first-order valence-corrected chi connectivity index (χ1v) is 6.49. The van der Waals surface area contributed by atoms with E-state index in [0.717, 1.165) is 5.56 Å². The molecule has 0 radical (unpaired) electrons. The Morgan fingerprint density at radius 2 is 1.79 bits per heavy atom. The van der Waals surface area contributed by atoms with Crippen molar-refractivity contribution in [2.24, 2.45) is 5.84 Å². The number of hydrazine groups is 1. The van der Waals surface area contributed by atoms with Gasteiger partial charge in [-0.25, -0.2) is 14.2 Å². The predicted molar refractivity (Wildman–Crippen MR) is 74.4 cm³/mol. The Bertz CT molecular complexity index is 579. The van der Waals surface area contributed by atoms with Gasteiger partial charge in [-0.15, -0.1) is 0 Å². The van der Waals surface area contributed by atoms with E-state index in [-0.39, 0.29) is 5.56 Å². The number of nitrogens with one attached hydrogen (secondary N) is 1. The second kappa shape index (κ2) is 5.77. The number of aryl methyl sites for hydroxylation is 1. The van der Waals surface area contributed by atoms with Crippen molar-refractivity contribution in [2.75, 3.05) is 0 Å². The van der Waals surface area contributed by atoms with Crippen LogP contribution in [-0.4, -0.2) is 0 Å². The number of rotatable bonds is 3. The topological polar surface area (TPSA) is 38.0 Å². The van der Waals surface area contributed by atoms with Gasteiger partial charge in [-0.05, 0) is 24.6 Å². The monoisotopic (exact) mass is 326 g/mol. The van der Waals surface area contributed by atoms with E-state index >= 15 is 0 Å². The molecule has 0 aliphatic carbocycles. The molecule has 19 heavy (non-hydrogen) atoms. The van der Waals surface area contributed by atoms with Crippen LogP contribution in [0.25, 0.3) is 0 Å². The van der Waals surface area contributed by atoms with Gasteiger partial charge in [-0.3, -0.25) is 5.84 Å². The minimum atomic E-state index is -0.729. The first-order valence-electron chi connectivity index (χ1n) is 5.70. The molecule has 1 unspecified atom stereocenters. The highest BCUT2D eigenvalue weighted by Crippen LogP contribution is 2.29. The molecule has 3 N–H and O–H groups in total. The zero-order valence-corrected chi connectivity index (χ0v) is 11.8. The van der Waals surface area contributed by atoms with Crippen LogP contribution in [0.3, 0.4) is 0 Å². The van der Waals surface area contributed by atoms with Gasteiger partial charge in [0, 0.05) is 10.0 Å². The van der Waals surface area contributed by atoms with E-state index in [1.54, 1.807) is 6.07 Å². The van der Waals surface area contributed by atoms with Crippen LogP contribution < -0.4 is 11.3 Å². The highest BCUT2D eigenvalue weighted by Gasteiger charge is 2.21. The molecule has 0 fully saturated rings. The average molecular weight is 327 g/mol. The third-order valence-corrected chi connectivity index (χ3v) is 3.33. The molecule has 0 aromatic heterocycles. The molecule has 0 saturated heterocycles. The van der Waals surface area contributed by atoms with E-state index in [2.05, 4.69) is 21.4 Å². The molecule has 2 aromatic carbocycles. The van der Waals surface area contributed by atoms with Crippen LogP contribution in [0, 0.1) is 18.6 Å². The van der Waals surface area contributed by atoms with E-state index in [0.29, 0.717) is 10.0 Å². The number of nitrogens with two attached hydrogens (primary N) is 1.